The third-order valence-electron chi connectivity index (χ3n) is 3.93. The molecule has 0 fully saturated rings. The van der Waals surface area contributed by atoms with Crippen molar-refractivity contribution in [1.29, 1.82) is 0 Å². The Labute approximate surface area is 164 Å². The molecule has 0 aliphatic heterocycles. The highest BCUT2D eigenvalue weighted by molar-refractivity contribution is 8.01. The normalized spacial score (nSPS) is 11.6. The van der Waals surface area contributed by atoms with Gasteiger partial charge in [-0.05, 0) is 69.2 Å². The zero-order valence-corrected chi connectivity index (χ0v) is 17.0. The van der Waals surface area contributed by atoms with E-state index in [0.29, 0.717) is 12.3 Å². The van der Waals surface area contributed by atoms with Crippen molar-refractivity contribution in [2.24, 2.45) is 0 Å². The molecule has 2 N–H and O–H groups in total. The first-order valence-electron chi connectivity index (χ1n) is 8.91. The Balaban J connectivity index is 1.81. The van der Waals surface area contributed by atoms with E-state index >= 15 is 0 Å². The number of carbonyl (C=O) groups is 2. The fraction of sp³-hybridized carbons (Fsp3) is 0.333. The molecule has 144 valence electrons. The van der Waals surface area contributed by atoms with Gasteiger partial charge in [0, 0.05) is 11.4 Å². The monoisotopic (exact) mass is 386 g/mol. The Kier molecular flexibility index (Phi) is 7.73. The number of hydrogen-bond acceptors (Lipinski definition) is 4. The number of aryl methyl sites for hydroxylation is 2. The number of anilines is 2. The fourth-order valence-corrected chi connectivity index (χ4v) is 3.06. The molecule has 0 unspecified atom stereocenters. The van der Waals surface area contributed by atoms with E-state index in [1.807, 2.05) is 51.1 Å². The topological polar surface area (TPSA) is 67.4 Å². The van der Waals surface area contributed by atoms with Crippen LogP contribution in [-0.4, -0.2) is 29.4 Å². The second-order valence-corrected chi connectivity index (χ2v) is 7.60. The SMILES string of the molecule is CCOc1ccc(NC(=O)CS[C@H](C)C(=O)Nc2cc(C)ccc2C)cc1. The summed E-state index contributed by atoms with van der Waals surface area (Å²) in [6.45, 7) is 8.26. The molecule has 0 bridgehead atoms. The molecule has 0 aromatic heterocycles. The van der Waals surface area contributed by atoms with Gasteiger partial charge in [-0.15, -0.1) is 11.8 Å². The van der Waals surface area contributed by atoms with Gasteiger partial charge in [-0.25, -0.2) is 0 Å². The number of nitrogens with one attached hydrogen (secondary N) is 2. The largest absolute Gasteiger partial charge is 0.494 e. The lowest BCUT2D eigenvalue weighted by atomic mass is 10.1. The summed E-state index contributed by atoms with van der Waals surface area (Å²) in [5, 5.41) is 5.42. The molecule has 1 atom stereocenters. The van der Waals surface area contributed by atoms with Crippen molar-refractivity contribution >= 4 is 35.0 Å². The number of rotatable bonds is 8. The Morgan fingerprint density at radius 2 is 1.78 bits per heavy atom. The van der Waals surface area contributed by atoms with Crippen LogP contribution in [0.4, 0.5) is 11.4 Å². The van der Waals surface area contributed by atoms with Crippen LogP contribution in [0.2, 0.25) is 0 Å². The van der Waals surface area contributed by atoms with Crippen LogP contribution in [0.15, 0.2) is 42.5 Å². The zero-order chi connectivity index (χ0) is 19.8. The Morgan fingerprint density at radius 3 is 2.44 bits per heavy atom. The summed E-state index contributed by atoms with van der Waals surface area (Å²) < 4.78 is 5.37. The molecule has 0 saturated heterocycles. The maximum atomic E-state index is 12.4. The van der Waals surface area contributed by atoms with Crippen LogP contribution < -0.4 is 15.4 Å². The van der Waals surface area contributed by atoms with E-state index in [9.17, 15) is 9.59 Å². The average molecular weight is 387 g/mol. The van der Waals surface area contributed by atoms with E-state index in [1.165, 1.54) is 11.8 Å². The average Bonchev–Trinajstić information content (AvgIpc) is 2.64. The summed E-state index contributed by atoms with van der Waals surface area (Å²) >= 11 is 1.30. The van der Waals surface area contributed by atoms with Crippen LogP contribution >= 0.6 is 11.8 Å². The second-order valence-electron chi connectivity index (χ2n) is 6.27. The maximum Gasteiger partial charge on any atom is 0.237 e. The second kappa shape index (κ2) is 10.0. The van der Waals surface area contributed by atoms with Crippen molar-refractivity contribution in [3.8, 4) is 5.75 Å². The Hall–Kier alpha value is -2.47. The molecule has 2 rings (SSSR count). The molecule has 27 heavy (non-hydrogen) atoms. The molecule has 0 radical (unpaired) electrons. The maximum absolute atomic E-state index is 12.4. The molecule has 0 saturated carbocycles. The number of thioether (sulfide) groups is 1. The van der Waals surface area contributed by atoms with Gasteiger partial charge in [-0.2, -0.15) is 0 Å². The molecule has 2 aromatic carbocycles. The predicted octanol–water partition coefficient (Wildman–Crippen LogP) is 4.40. The third-order valence-corrected chi connectivity index (χ3v) is 5.08. The first kappa shape index (κ1) is 20.8. The van der Waals surface area contributed by atoms with Gasteiger partial charge < -0.3 is 15.4 Å². The quantitative estimate of drug-likeness (QED) is 0.706. The number of carbonyl (C=O) groups excluding carboxylic acids is 2. The van der Waals surface area contributed by atoms with Crippen molar-refractivity contribution in [3.05, 3.63) is 53.6 Å². The van der Waals surface area contributed by atoms with Gasteiger partial charge in [0.1, 0.15) is 5.75 Å². The van der Waals surface area contributed by atoms with Crippen LogP contribution in [0, 0.1) is 13.8 Å². The van der Waals surface area contributed by atoms with Crippen LogP contribution in [0.3, 0.4) is 0 Å². The van der Waals surface area contributed by atoms with Crippen molar-refractivity contribution in [2.75, 3.05) is 23.0 Å². The van der Waals surface area contributed by atoms with Gasteiger partial charge in [0.15, 0.2) is 0 Å². The van der Waals surface area contributed by atoms with Crippen LogP contribution in [0.25, 0.3) is 0 Å². The molecular weight excluding hydrogens is 360 g/mol. The lowest BCUT2D eigenvalue weighted by Gasteiger charge is -2.14. The van der Waals surface area contributed by atoms with Crippen LogP contribution in [-0.2, 0) is 9.59 Å². The van der Waals surface area contributed by atoms with Crippen molar-refractivity contribution < 1.29 is 14.3 Å². The Morgan fingerprint density at radius 1 is 1.07 bits per heavy atom. The number of benzene rings is 2. The minimum absolute atomic E-state index is 0.109. The Bertz CT molecular complexity index is 791. The summed E-state index contributed by atoms with van der Waals surface area (Å²) in [5.41, 5.74) is 3.62. The van der Waals surface area contributed by atoms with Crippen molar-refractivity contribution in [2.45, 2.75) is 32.9 Å². The van der Waals surface area contributed by atoms with Crippen molar-refractivity contribution in [1.82, 2.24) is 0 Å². The van der Waals surface area contributed by atoms with E-state index < -0.39 is 0 Å². The molecule has 2 amide bonds. The minimum atomic E-state index is -0.337. The van der Waals surface area contributed by atoms with Gasteiger partial charge in [0.25, 0.3) is 0 Å². The minimum Gasteiger partial charge on any atom is -0.494 e. The first-order valence-corrected chi connectivity index (χ1v) is 9.96. The lowest BCUT2D eigenvalue weighted by Crippen LogP contribution is -2.25. The van der Waals surface area contributed by atoms with Crippen molar-refractivity contribution in [3.63, 3.8) is 0 Å². The number of amides is 2. The predicted molar refractivity (Wildman–Crippen MR) is 113 cm³/mol. The van der Waals surface area contributed by atoms with E-state index in [0.717, 1.165) is 22.6 Å². The van der Waals surface area contributed by atoms with Gasteiger partial charge in [-0.1, -0.05) is 12.1 Å². The van der Waals surface area contributed by atoms with Crippen LogP contribution in [0.5, 0.6) is 5.75 Å². The summed E-state index contributed by atoms with van der Waals surface area (Å²) in [7, 11) is 0. The van der Waals surface area contributed by atoms with Gasteiger partial charge in [-0.3, -0.25) is 9.59 Å². The molecule has 5 nitrogen and oxygen atoms in total. The van der Waals surface area contributed by atoms with Gasteiger partial charge in [0.2, 0.25) is 11.8 Å². The molecule has 0 aliphatic rings. The van der Waals surface area contributed by atoms with E-state index in [1.54, 1.807) is 19.1 Å². The van der Waals surface area contributed by atoms with Gasteiger partial charge >= 0.3 is 0 Å². The standard InChI is InChI=1S/C21H26N2O3S/c1-5-26-18-10-8-17(9-11-18)22-20(24)13-27-16(4)21(25)23-19-12-14(2)6-7-15(19)3/h6-12,16H,5,13H2,1-4H3,(H,22,24)(H,23,25)/t16-/m1/s1. The highest BCUT2D eigenvalue weighted by Crippen LogP contribution is 2.20. The smallest absolute Gasteiger partial charge is 0.237 e. The third kappa shape index (κ3) is 6.64. The first-order chi connectivity index (χ1) is 12.9. The summed E-state index contributed by atoms with van der Waals surface area (Å²) in [5.74, 6) is 0.717. The number of ether oxygens (including phenoxy) is 1. The zero-order valence-electron chi connectivity index (χ0n) is 16.2. The lowest BCUT2D eigenvalue weighted by molar-refractivity contribution is -0.115. The highest BCUT2D eigenvalue weighted by atomic mass is 32.2. The molecular formula is C21H26N2O3S. The highest BCUT2D eigenvalue weighted by Gasteiger charge is 2.16. The molecule has 6 heteroatoms. The molecule has 2 aromatic rings. The molecule has 0 heterocycles. The fourth-order valence-electron chi connectivity index (χ4n) is 2.38. The van der Waals surface area contributed by atoms with E-state index in [4.69, 9.17) is 4.74 Å². The van der Waals surface area contributed by atoms with E-state index in [-0.39, 0.29) is 22.8 Å². The van der Waals surface area contributed by atoms with E-state index in [2.05, 4.69) is 10.6 Å². The summed E-state index contributed by atoms with van der Waals surface area (Å²) in [4.78, 5) is 24.5. The summed E-state index contributed by atoms with van der Waals surface area (Å²) in [6.07, 6.45) is 0. The summed E-state index contributed by atoms with van der Waals surface area (Å²) in [6, 6.07) is 13.2. The van der Waals surface area contributed by atoms with Gasteiger partial charge in [0.05, 0.1) is 17.6 Å². The van der Waals surface area contributed by atoms with Crippen LogP contribution in [0.1, 0.15) is 25.0 Å². The molecule has 0 spiro atoms. The number of hydrogen-bond donors (Lipinski definition) is 2. The molecule has 0 aliphatic carbocycles.